The summed E-state index contributed by atoms with van der Waals surface area (Å²) >= 11 is 0. The highest BCUT2D eigenvalue weighted by atomic mass is 14.7. The van der Waals surface area contributed by atoms with Crippen molar-refractivity contribution in [3.05, 3.63) is 30.1 Å². The molecule has 0 saturated heterocycles. The van der Waals surface area contributed by atoms with Gasteiger partial charge in [0, 0.05) is 17.8 Å². The van der Waals surface area contributed by atoms with Gasteiger partial charge in [0.05, 0.1) is 0 Å². The van der Waals surface area contributed by atoms with Gasteiger partial charge in [-0.3, -0.25) is 4.98 Å². The zero-order valence-corrected chi connectivity index (χ0v) is 8.67. The third kappa shape index (κ3) is 1.27. The molecule has 0 N–H and O–H groups in total. The number of nitrogens with zero attached hydrogens (tertiary/aromatic N) is 1. The summed E-state index contributed by atoms with van der Waals surface area (Å²) in [7, 11) is 0. The second-order valence-electron chi connectivity index (χ2n) is 5.07. The van der Waals surface area contributed by atoms with E-state index in [1.807, 2.05) is 18.5 Å². The minimum absolute atomic E-state index is 0.371. The molecule has 0 bridgehead atoms. The van der Waals surface area contributed by atoms with E-state index in [4.69, 9.17) is 0 Å². The van der Waals surface area contributed by atoms with Crippen LogP contribution in [0.15, 0.2) is 24.5 Å². The van der Waals surface area contributed by atoms with E-state index >= 15 is 0 Å². The van der Waals surface area contributed by atoms with Crippen LogP contribution in [0.1, 0.15) is 39.2 Å². The molecule has 1 aliphatic carbocycles. The van der Waals surface area contributed by atoms with Crippen LogP contribution < -0.4 is 0 Å². The molecule has 0 aromatic carbocycles. The van der Waals surface area contributed by atoms with Crippen LogP contribution in [0.3, 0.4) is 0 Å². The Hall–Kier alpha value is -0.850. The molecule has 1 aromatic rings. The van der Waals surface area contributed by atoms with Crippen molar-refractivity contribution in [2.24, 2.45) is 5.41 Å². The topological polar surface area (TPSA) is 12.9 Å². The second-order valence-corrected chi connectivity index (χ2v) is 5.07. The molecular weight excluding hydrogens is 158 g/mol. The number of aromatic nitrogens is 1. The van der Waals surface area contributed by atoms with Gasteiger partial charge < -0.3 is 0 Å². The summed E-state index contributed by atoms with van der Waals surface area (Å²) in [5.41, 5.74) is 2.21. The third-order valence-electron chi connectivity index (χ3n) is 3.40. The lowest BCUT2D eigenvalue weighted by Gasteiger charge is -2.31. The monoisotopic (exact) mass is 175 g/mol. The lowest BCUT2D eigenvalue weighted by Crippen LogP contribution is -2.26. The largest absolute Gasteiger partial charge is 0.264 e. The van der Waals surface area contributed by atoms with E-state index < -0.39 is 0 Å². The number of rotatable bonds is 1. The van der Waals surface area contributed by atoms with Crippen LogP contribution in [-0.4, -0.2) is 4.98 Å². The fourth-order valence-corrected chi connectivity index (χ4v) is 2.24. The molecular formula is C12H17N. The molecule has 13 heavy (non-hydrogen) atoms. The maximum atomic E-state index is 4.20. The molecule has 0 aliphatic heterocycles. The van der Waals surface area contributed by atoms with Gasteiger partial charge in [0.2, 0.25) is 0 Å². The van der Waals surface area contributed by atoms with E-state index in [9.17, 15) is 0 Å². The maximum Gasteiger partial charge on any atom is 0.0305 e. The van der Waals surface area contributed by atoms with E-state index in [2.05, 4.69) is 31.8 Å². The van der Waals surface area contributed by atoms with Gasteiger partial charge in [0.15, 0.2) is 0 Å². The average Bonchev–Trinajstić information content (AvgIpc) is 2.84. The van der Waals surface area contributed by atoms with Crippen molar-refractivity contribution >= 4 is 0 Å². The first-order chi connectivity index (χ1) is 6.06. The first-order valence-electron chi connectivity index (χ1n) is 4.97. The number of hydrogen-bond donors (Lipinski definition) is 0. The summed E-state index contributed by atoms with van der Waals surface area (Å²) in [6.07, 6.45) is 6.52. The third-order valence-corrected chi connectivity index (χ3v) is 3.40. The van der Waals surface area contributed by atoms with Crippen molar-refractivity contribution in [3.63, 3.8) is 0 Å². The van der Waals surface area contributed by atoms with Crippen molar-refractivity contribution in [2.45, 2.75) is 39.0 Å². The summed E-state index contributed by atoms with van der Waals surface area (Å²) in [6, 6.07) is 4.26. The zero-order chi connectivity index (χ0) is 9.53. The molecule has 1 heteroatoms. The fourth-order valence-electron chi connectivity index (χ4n) is 2.24. The van der Waals surface area contributed by atoms with E-state index in [0.717, 1.165) is 0 Å². The number of pyridine rings is 1. The van der Waals surface area contributed by atoms with E-state index in [1.165, 1.54) is 18.4 Å². The van der Waals surface area contributed by atoms with Gasteiger partial charge in [-0.1, -0.05) is 26.8 Å². The van der Waals surface area contributed by atoms with Crippen LogP contribution in [-0.2, 0) is 5.41 Å². The Balaban J connectivity index is 2.37. The normalized spacial score (nSPS) is 19.9. The highest BCUT2D eigenvalue weighted by molar-refractivity contribution is 5.31. The Morgan fingerprint density at radius 2 is 2.00 bits per heavy atom. The summed E-state index contributed by atoms with van der Waals surface area (Å²) in [4.78, 5) is 4.20. The van der Waals surface area contributed by atoms with Crippen LogP contribution in [0.25, 0.3) is 0 Å². The zero-order valence-electron chi connectivity index (χ0n) is 8.67. The average molecular weight is 175 g/mol. The summed E-state index contributed by atoms with van der Waals surface area (Å²) in [6.45, 7) is 6.98. The van der Waals surface area contributed by atoms with Crippen molar-refractivity contribution in [1.82, 2.24) is 4.98 Å². The predicted molar refractivity (Wildman–Crippen MR) is 54.6 cm³/mol. The van der Waals surface area contributed by atoms with Gasteiger partial charge in [-0.05, 0) is 29.9 Å². The Bertz CT molecular complexity index is 291. The van der Waals surface area contributed by atoms with Crippen molar-refractivity contribution in [2.75, 3.05) is 0 Å². The second kappa shape index (κ2) is 2.57. The summed E-state index contributed by atoms with van der Waals surface area (Å²) < 4.78 is 0. The minimum Gasteiger partial charge on any atom is -0.264 e. The fraction of sp³-hybridized carbons (Fsp3) is 0.583. The Morgan fingerprint density at radius 1 is 1.31 bits per heavy atom. The molecule has 70 valence electrons. The van der Waals surface area contributed by atoms with Gasteiger partial charge in [-0.25, -0.2) is 0 Å². The molecule has 1 fully saturated rings. The van der Waals surface area contributed by atoms with Crippen molar-refractivity contribution < 1.29 is 0 Å². The predicted octanol–water partition coefficient (Wildman–Crippen LogP) is 3.16. The highest BCUT2D eigenvalue weighted by Gasteiger charge is 2.52. The Morgan fingerprint density at radius 3 is 2.38 bits per heavy atom. The molecule has 0 radical (unpaired) electrons. The molecule has 0 atom stereocenters. The smallest absolute Gasteiger partial charge is 0.0305 e. The molecule has 0 unspecified atom stereocenters. The molecule has 0 spiro atoms. The van der Waals surface area contributed by atoms with E-state index in [-0.39, 0.29) is 0 Å². The minimum atomic E-state index is 0.371. The Labute approximate surface area is 80.2 Å². The molecule has 1 nitrogen and oxygen atoms in total. The Kier molecular flexibility index (Phi) is 1.73. The molecule has 1 aromatic heterocycles. The van der Waals surface area contributed by atoms with Gasteiger partial charge >= 0.3 is 0 Å². The van der Waals surface area contributed by atoms with Crippen molar-refractivity contribution in [1.29, 1.82) is 0 Å². The quantitative estimate of drug-likeness (QED) is 0.639. The molecule has 1 heterocycles. The molecule has 2 rings (SSSR count). The first-order valence-corrected chi connectivity index (χ1v) is 4.97. The standard InChI is InChI=1S/C12H17N/c1-11(2,3)12(6-7-12)10-5-4-8-13-9-10/h4-5,8-9H,6-7H2,1-3H3. The van der Waals surface area contributed by atoms with Crippen molar-refractivity contribution in [3.8, 4) is 0 Å². The molecule has 1 aliphatic rings. The van der Waals surface area contributed by atoms with Crippen LogP contribution in [0, 0.1) is 5.41 Å². The van der Waals surface area contributed by atoms with E-state index in [1.54, 1.807) is 0 Å². The molecule has 0 amide bonds. The van der Waals surface area contributed by atoms with Gasteiger partial charge in [0.1, 0.15) is 0 Å². The van der Waals surface area contributed by atoms with Gasteiger partial charge in [-0.15, -0.1) is 0 Å². The SMILES string of the molecule is CC(C)(C)C1(c2cccnc2)CC1. The first kappa shape index (κ1) is 8.74. The number of hydrogen-bond acceptors (Lipinski definition) is 1. The van der Waals surface area contributed by atoms with Crippen LogP contribution >= 0.6 is 0 Å². The summed E-state index contributed by atoms with van der Waals surface area (Å²) in [5.74, 6) is 0. The maximum absolute atomic E-state index is 4.20. The van der Waals surface area contributed by atoms with Gasteiger partial charge in [0.25, 0.3) is 0 Å². The molecule has 1 saturated carbocycles. The summed E-state index contributed by atoms with van der Waals surface area (Å²) in [5, 5.41) is 0. The van der Waals surface area contributed by atoms with E-state index in [0.29, 0.717) is 10.8 Å². The van der Waals surface area contributed by atoms with Crippen LogP contribution in [0.4, 0.5) is 0 Å². The highest BCUT2D eigenvalue weighted by Crippen LogP contribution is 2.59. The lowest BCUT2D eigenvalue weighted by molar-refractivity contribution is 0.298. The van der Waals surface area contributed by atoms with Crippen LogP contribution in [0.5, 0.6) is 0 Å². The van der Waals surface area contributed by atoms with Crippen LogP contribution in [0.2, 0.25) is 0 Å². The lowest BCUT2D eigenvalue weighted by atomic mass is 9.74. The van der Waals surface area contributed by atoms with Gasteiger partial charge in [-0.2, -0.15) is 0 Å².